The summed E-state index contributed by atoms with van der Waals surface area (Å²) in [5.74, 6) is -1.40. The van der Waals surface area contributed by atoms with Gasteiger partial charge in [0.05, 0.1) is 5.69 Å². The molecule has 0 bridgehead atoms. The fourth-order valence-corrected chi connectivity index (χ4v) is 1.48. The molecule has 8 nitrogen and oxygen atoms in total. The molecule has 0 atom stereocenters. The van der Waals surface area contributed by atoms with E-state index in [4.69, 9.17) is 5.11 Å². The van der Waals surface area contributed by atoms with Crippen LogP contribution in [0, 0.1) is 6.92 Å². The van der Waals surface area contributed by atoms with Crippen molar-refractivity contribution in [1.29, 1.82) is 0 Å². The van der Waals surface area contributed by atoms with E-state index in [1.54, 1.807) is 21.0 Å². The van der Waals surface area contributed by atoms with Crippen LogP contribution < -0.4 is 5.32 Å². The van der Waals surface area contributed by atoms with E-state index in [2.05, 4.69) is 10.3 Å². The zero-order valence-corrected chi connectivity index (χ0v) is 11.9. The lowest BCUT2D eigenvalue weighted by atomic mass is 10.3. The molecule has 1 rings (SSSR count). The number of nitrogens with zero attached hydrogens (tertiary/aromatic N) is 2. The number of carbonyl (C=O) groups is 3. The fraction of sp³-hybridized carbons (Fsp3) is 0.417. The van der Waals surface area contributed by atoms with E-state index in [1.807, 2.05) is 0 Å². The molecule has 1 aromatic heterocycles. The first-order valence-electron chi connectivity index (χ1n) is 5.87. The number of hydrogen-bond donors (Lipinski definition) is 3. The van der Waals surface area contributed by atoms with Gasteiger partial charge in [-0.05, 0) is 13.0 Å². The Hall–Kier alpha value is -2.51. The molecule has 0 saturated heterocycles. The predicted molar refractivity (Wildman–Crippen MR) is 72.8 cm³/mol. The number of anilines is 1. The third-order valence-corrected chi connectivity index (χ3v) is 2.63. The van der Waals surface area contributed by atoms with Crippen LogP contribution in [-0.2, 0) is 4.79 Å². The number of nitrogens with one attached hydrogen (secondary N) is 2. The second kappa shape index (κ2) is 6.09. The molecule has 0 spiro atoms. The standard InChI is InChI=1S/C12H18N4O4/c1-7-5-8(10(13-7)11(18)19)14-12(20)16(4)6-9(17)15(2)3/h5,13H,6H2,1-4H3,(H,14,20)(H,18,19). The Morgan fingerprint density at radius 1 is 1.30 bits per heavy atom. The molecule has 20 heavy (non-hydrogen) atoms. The quantitative estimate of drug-likeness (QED) is 0.750. The van der Waals surface area contributed by atoms with Gasteiger partial charge in [0.25, 0.3) is 0 Å². The summed E-state index contributed by atoms with van der Waals surface area (Å²) in [7, 11) is 4.63. The highest BCUT2D eigenvalue weighted by atomic mass is 16.4. The average molecular weight is 282 g/mol. The number of aryl methyl sites for hydroxylation is 1. The Kier molecular flexibility index (Phi) is 4.73. The number of urea groups is 1. The molecular formula is C12H18N4O4. The average Bonchev–Trinajstić information content (AvgIpc) is 2.69. The molecule has 0 aliphatic rings. The molecule has 1 heterocycles. The number of carbonyl (C=O) groups excluding carboxylic acids is 2. The van der Waals surface area contributed by atoms with Gasteiger partial charge in [-0.3, -0.25) is 4.79 Å². The molecule has 1 aromatic rings. The molecular weight excluding hydrogens is 264 g/mol. The van der Waals surface area contributed by atoms with Gasteiger partial charge in [-0.25, -0.2) is 9.59 Å². The Labute approximate surface area is 116 Å². The van der Waals surface area contributed by atoms with Crippen LogP contribution in [0.3, 0.4) is 0 Å². The summed E-state index contributed by atoms with van der Waals surface area (Å²) in [5, 5.41) is 11.5. The summed E-state index contributed by atoms with van der Waals surface area (Å²) in [6.07, 6.45) is 0. The van der Waals surface area contributed by atoms with Crippen molar-refractivity contribution in [3.8, 4) is 0 Å². The minimum absolute atomic E-state index is 0.0926. The lowest BCUT2D eigenvalue weighted by Crippen LogP contribution is -2.40. The third-order valence-electron chi connectivity index (χ3n) is 2.63. The number of H-pyrrole nitrogens is 1. The van der Waals surface area contributed by atoms with Crippen molar-refractivity contribution in [3.63, 3.8) is 0 Å². The number of likely N-dealkylation sites (N-methyl/N-ethyl adjacent to an activating group) is 2. The number of aromatic carboxylic acids is 1. The number of aromatic nitrogens is 1. The van der Waals surface area contributed by atoms with Crippen molar-refractivity contribution >= 4 is 23.6 Å². The van der Waals surface area contributed by atoms with Gasteiger partial charge in [0.2, 0.25) is 5.91 Å². The zero-order valence-electron chi connectivity index (χ0n) is 11.9. The van der Waals surface area contributed by atoms with Gasteiger partial charge in [0, 0.05) is 26.8 Å². The summed E-state index contributed by atoms with van der Waals surface area (Å²) in [5.41, 5.74) is 0.692. The first-order chi connectivity index (χ1) is 9.22. The highest BCUT2D eigenvalue weighted by Gasteiger charge is 2.19. The minimum atomic E-state index is -1.17. The van der Waals surface area contributed by atoms with Crippen LogP contribution in [0.5, 0.6) is 0 Å². The van der Waals surface area contributed by atoms with E-state index in [0.717, 1.165) is 0 Å². The second-order valence-corrected chi connectivity index (χ2v) is 4.62. The zero-order chi connectivity index (χ0) is 15.4. The molecule has 110 valence electrons. The lowest BCUT2D eigenvalue weighted by molar-refractivity contribution is -0.129. The smallest absolute Gasteiger partial charge is 0.354 e. The minimum Gasteiger partial charge on any atom is -0.477 e. The molecule has 3 amide bonds. The van der Waals surface area contributed by atoms with Crippen LogP contribution in [0.25, 0.3) is 0 Å². The number of carboxylic acids is 1. The fourth-order valence-electron chi connectivity index (χ4n) is 1.48. The van der Waals surface area contributed by atoms with Crippen molar-refractivity contribution in [2.24, 2.45) is 0 Å². The lowest BCUT2D eigenvalue weighted by Gasteiger charge is -2.19. The molecule has 3 N–H and O–H groups in total. The highest BCUT2D eigenvalue weighted by molar-refractivity contribution is 5.99. The van der Waals surface area contributed by atoms with E-state index in [1.165, 1.54) is 22.9 Å². The van der Waals surface area contributed by atoms with Crippen molar-refractivity contribution in [3.05, 3.63) is 17.5 Å². The monoisotopic (exact) mass is 282 g/mol. The van der Waals surface area contributed by atoms with Gasteiger partial charge in [-0.2, -0.15) is 0 Å². The van der Waals surface area contributed by atoms with E-state index < -0.39 is 12.0 Å². The van der Waals surface area contributed by atoms with Gasteiger partial charge in [0.15, 0.2) is 0 Å². The van der Waals surface area contributed by atoms with Gasteiger partial charge >= 0.3 is 12.0 Å². The van der Waals surface area contributed by atoms with Crippen LogP contribution in [-0.4, -0.2) is 65.5 Å². The van der Waals surface area contributed by atoms with Crippen LogP contribution in [0.1, 0.15) is 16.2 Å². The molecule has 0 aliphatic heterocycles. The maximum atomic E-state index is 11.9. The van der Waals surface area contributed by atoms with Crippen LogP contribution in [0.15, 0.2) is 6.07 Å². The van der Waals surface area contributed by atoms with Gasteiger partial charge < -0.3 is 25.2 Å². The number of rotatable bonds is 4. The number of carboxylic acid groups (broad SMARTS) is 1. The topological polar surface area (TPSA) is 106 Å². The molecule has 0 saturated carbocycles. The molecule has 8 heteroatoms. The number of aromatic amines is 1. The van der Waals surface area contributed by atoms with Gasteiger partial charge in [-0.1, -0.05) is 0 Å². The molecule has 0 aromatic carbocycles. The Morgan fingerprint density at radius 3 is 2.40 bits per heavy atom. The first-order valence-corrected chi connectivity index (χ1v) is 5.87. The Morgan fingerprint density at radius 2 is 1.90 bits per heavy atom. The van der Waals surface area contributed by atoms with Crippen molar-refractivity contribution in [1.82, 2.24) is 14.8 Å². The van der Waals surface area contributed by atoms with Crippen molar-refractivity contribution in [2.45, 2.75) is 6.92 Å². The highest BCUT2D eigenvalue weighted by Crippen LogP contribution is 2.17. The summed E-state index contributed by atoms with van der Waals surface area (Å²) >= 11 is 0. The summed E-state index contributed by atoms with van der Waals surface area (Å²) in [6.45, 7) is 1.59. The van der Waals surface area contributed by atoms with E-state index in [0.29, 0.717) is 5.69 Å². The molecule has 0 unspecified atom stereocenters. The van der Waals surface area contributed by atoms with Crippen LogP contribution in [0.2, 0.25) is 0 Å². The summed E-state index contributed by atoms with van der Waals surface area (Å²) in [6, 6.07) is 0.963. The van der Waals surface area contributed by atoms with E-state index >= 15 is 0 Å². The maximum Gasteiger partial charge on any atom is 0.354 e. The molecule has 0 fully saturated rings. The first kappa shape index (κ1) is 15.5. The van der Waals surface area contributed by atoms with E-state index in [9.17, 15) is 14.4 Å². The normalized spacial score (nSPS) is 10.0. The number of amides is 3. The second-order valence-electron chi connectivity index (χ2n) is 4.62. The summed E-state index contributed by atoms with van der Waals surface area (Å²) < 4.78 is 0. The molecule has 0 radical (unpaired) electrons. The predicted octanol–water partition coefficient (Wildman–Crippen LogP) is 0.573. The van der Waals surface area contributed by atoms with Crippen molar-refractivity contribution in [2.75, 3.05) is 33.0 Å². The van der Waals surface area contributed by atoms with Gasteiger partial charge in [-0.15, -0.1) is 0 Å². The van der Waals surface area contributed by atoms with Crippen LogP contribution >= 0.6 is 0 Å². The molecule has 0 aliphatic carbocycles. The third kappa shape index (κ3) is 3.74. The Bertz CT molecular complexity index is 536. The largest absolute Gasteiger partial charge is 0.477 e. The van der Waals surface area contributed by atoms with Gasteiger partial charge in [0.1, 0.15) is 12.2 Å². The maximum absolute atomic E-state index is 11.9. The SMILES string of the molecule is Cc1cc(NC(=O)N(C)CC(=O)N(C)C)c(C(=O)O)[nH]1. The number of hydrogen-bond acceptors (Lipinski definition) is 3. The Balaban J connectivity index is 2.76. The van der Waals surface area contributed by atoms with E-state index in [-0.39, 0.29) is 23.8 Å². The summed E-state index contributed by atoms with van der Waals surface area (Å²) in [4.78, 5) is 39.6. The van der Waals surface area contributed by atoms with Crippen molar-refractivity contribution < 1.29 is 19.5 Å². The van der Waals surface area contributed by atoms with Crippen LogP contribution in [0.4, 0.5) is 10.5 Å².